The fourth-order valence-electron chi connectivity index (χ4n) is 6.33. The van der Waals surface area contributed by atoms with E-state index >= 15 is 0 Å². The molecule has 1 heterocycles. The Balaban J connectivity index is 1.79. The van der Waals surface area contributed by atoms with Gasteiger partial charge in [-0.1, -0.05) is 40.2 Å². The van der Waals surface area contributed by atoms with Crippen molar-refractivity contribution in [2.24, 2.45) is 28.1 Å². The molecule has 2 saturated carbocycles. The van der Waals surface area contributed by atoms with E-state index in [4.69, 9.17) is 4.74 Å². The van der Waals surface area contributed by atoms with Gasteiger partial charge in [-0.05, 0) is 41.6 Å². The lowest BCUT2D eigenvalue weighted by atomic mass is 9.44. The summed E-state index contributed by atoms with van der Waals surface area (Å²) in [6, 6.07) is 0. The highest BCUT2D eigenvalue weighted by atomic mass is 16.6. The number of rotatable bonds is 1. The maximum absolute atomic E-state index is 13.0. The van der Waals surface area contributed by atoms with Gasteiger partial charge in [-0.2, -0.15) is 0 Å². The molecule has 3 heteroatoms. The summed E-state index contributed by atoms with van der Waals surface area (Å²) >= 11 is 0. The summed E-state index contributed by atoms with van der Waals surface area (Å²) in [6.07, 6.45) is 6.85. The van der Waals surface area contributed by atoms with Gasteiger partial charge < -0.3 is 9.84 Å². The van der Waals surface area contributed by atoms with Crippen molar-refractivity contribution in [3.8, 4) is 0 Å². The van der Waals surface area contributed by atoms with E-state index in [1.807, 2.05) is 0 Å². The Morgan fingerprint density at radius 3 is 2.57 bits per heavy atom. The fraction of sp³-hybridized carbons (Fsp3) is 0.850. The number of carbonyl (C=O) groups is 1. The second-order valence-electron chi connectivity index (χ2n) is 9.70. The number of hydrogen-bond acceptors (Lipinski definition) is 3. The standard InChI is InChI=1S/C20H30O3/c1-18(2)6-5-7-20(4)15(18)8-13(21)12-9-19(3,16-11-23-16)10-14(22)17(12)20/h9,14-17,22H,5-8,10-11H2,1-4H3. The van der Waals surface area contributed by atoms with E-state index in [1.165, 1.54) is 12.8 Å². The molecule has 0 aromatic rings. The second-order valence-corrected chi connectivity index (χ2v) is 9.70. The van der Waals surface area contributed by atoms with E-state index in [0.717, 1.165) is 25.0 Å². The van der Waals surface area contributed by atoms with Crippen molar-refractivity contribution in [2.75, 3.05) is 6.61 Å². The zero-order chi connectivity index (χ0) is 16.6. The average molecular weight is 318 g/mol. The molecule has 6 atom stereocenters. The predicted octanol–water partition coefficient (Wildman–Crippen LogP) is 3.50. The topological polar surface area (TPSA) is 49.8 Å². The largest absolute Gasteiger partial charge is 0.392 e. The molecule has 1 N–H and O–H groups in total. The van der Waals surface area contributed by atoms with Gasteiger partial charge in [-0.3, -0.25) is 4.79 Å². The molecule has 1 saturated heterocycles. The molecule has 0 aromatic carbocycles. The van der Waals surface area contributed by atoms with E-state index in [9.17, 15) is 9.90 Å². The minimum absolute atomic E-state index is 0.0140. The molecule has 6 unspecified atom stereocenters. The first kappa shape index (κ1) is 15.8. The van der Waals surface area contributed by atoms with Crippen LogP contribution in [0.3, 0.4) is 0 Å². The van der Waals surface area contributed by atoms with Crippen LogP contribution in [0.5, 0.6) is 0 Å². The Morgan fingerprint density at radius 2 is 1.91 bits per heavy atom. The number of carbonyl (C=O) groups excluding carboxylic acids is 1. The summed E-state index contributed by atoms with van der Waals surface area (Å²) in [4.78, 5) is 13.0. The molecule has 0 amide bonds. The van der Waals surface area contributed by atoms with E-state index in [0.29, 0.717) is 12.3 Å². The van der Waals surface area contributed by atoms with Crippen LogP contribution in [-0.4, -0.2) is 29.7 Å². The highest BCUT2D eigenvalue weighted by Gasteiger charge is 2.60. The maximum Gasteiger partial charge on any atom is 0.159 e. The first-order valence-electron chi connectivity index (χ1n) is 9.23. The van der Waals surface area contributed by atoms with Crippen molar-refractivity contribution in [2.45, 2.75) is 72.0 Å². The molecular formula is C20H30O3. The third-order valence-electron chi connectivity index (χ3n) is 7.62. The van der Waals surface area contributed by atoms with E-state index < -0.39 is 6.10 Å². The molecule has 1 aliphatic heterocycles. The highest BCUT2D eigenvalue weighted by molar-refractivity contribution is 5.97. The van der Waals surface area contributed by atoms with Crippen molar-refractivity contribution in [3.63, 3.8) is 0 Å². The van der Waals surface area contributed by atoms with E-state index in [1.54, 1.807) is 0 Å². The smallest absolute Gasteiger partial charge is 0.159 e. The van der Waals surface area contributed by atoms with Gasteiger partial charge >= 0.3 is 0 Å². The van der Waals surface area contributed by atoms with Crippen molar-refractivity contribution < 1.29 is 14.6 Å². The third kappa shape index (κ3) is 2.19. The summed E-state index contributed by atoms with van der Waals surface area (Å²) in [5.74, 6) is 0.674. The van der Waals surface area contributed by atoms with Crippen LogP contribution in [-0.2, 0) is 9.53 Å². The van der Waals surface area contributed by atoms with Crippen LogP contribution < -0.4 is 0 Å². The minimum atomic E-state index is -0.421. The van der Waals surface area contributed by atoms with Gasteiger partial charge in [0.05, 0.1) is 18.8 Å². The molecule has 0 radical (unpaired) electrons. The van der Waals surface area contributed by atoms with Gasteiger partial charge in [0.2, 0.25) is 0 Å². The Kier molecular flexibility index (Phi) is 3.23. The third-order valence-corrected chi connectivity index (χ3v) is 7.62. The Labute approximate surface area is 139 Å². The molecule has 0 bridgehead atoms. The van der Waals surface area contributed by atoms with Gasteiger partial charge in [0.25, 0.3) is 0 Å². The van der Waals surface area contributed by atoms with Crippen molar-refractivity contribution in [3.05, 3.63) is 11.6 Å². The highest BCUT2D eigenvalue weighted by Crippen LogP contribution is 2.63. The zero-order valence-electron chi connectivity index (χ0n) is 14.9. The molecule has 3 aliphatic carbocycles. The maximum atomic E-state index is 13.0. The Bertz CT molecular complexity index is 573. The lowest BCUT2D eigenvalue weighted by Crippen LogP contribution is -2.57. The van der Waals surface area contributed by atoms with Gasteiger partial charge in [0.15, 0.2) is 5.78 Å². The van der Waals surface area contributed by atoms with Crippen molar-refractivity contribution in [1.29, 1.82) is 0 Å². The Morgan fingerprint density at radius 1 is 1.22 bits per heavy atom. The van der Waals surface area contributed by atoms with Crippen LogP contribution in [0.2, 0.25) is 0 Å². The van der Waals surface area contributed by atoms with Gasteiger partial charge in [0.1, 0.15) is 0 Å². The first-order valence-corrected chi connectivity index (χ1v) is 9.23. The number of aliphatic hydroxyl groups is 1. The quantitative estimate of drug-likeness (QED) is 0.753. The predicted molar refractivity (Wildman–Crippen MR) is 88.9 cm³/mol. The molecule has 128 valence electrons. The number of ketones is 1. The fourth-order valence-corrected chi connectivity index (χ4v) is 6.33. The summed E-state index contributed by atoms with van der Waals surface area (Å²) in [6.45, 7) is 9.87. The molecule has 4 rings (SSSR count). The molecule has 0 aromatic heterocycles. The van der Waals surface area contributed by atoms with Gasteiger partial charge in [-0.15, -0.1) is 0 Å². The summed E-state index contributed by atoms with van der Waals surface area (Å²) in [7, 11) is 0. The minimum Gasteiger partial charge on any atom is -0.392 e. The number of ether oxygens (including phenoxy) is 1. The summed E-state index contributed by atoms with van der Waals surface area (Å²) < 4.78 is 5.51. The monoisotopic (exact) mass is 318 g/mol. The normalized spacial score (nSPS) is 51.5. The summed E-state index contributed by atoms with van der Waals surface area (Å²) in [5, 5.41) is 11.1. The molecular weight excluding hydrogens is 288 g/mol. The van der Waals surface area contributed by atoms with Gasteiger partial charge in [-0.25, -0.2) is 0 Å². The summed E-state index contributed by atoms with van der Waals surface area (Å²) in [5.41, 5.74) is 0.980. The van der Waals surface area contributed by atoms with Crippen LogP contribution in [0.25, 0.3) is 0 Å². The molecule has 0 spiro atoms. The number of fused-ring (bicyclic) bond motifs is 3. The molecule has 23 heavy (non-hydrogen) atoms. The van der Waals surface area contributed by atoms with Crippen LogP contribution in [0.15, 0.2) is 11.6 Å². The number of Topliss-reactive ketones (excluding diaryl/α,β-unsaturated/α-hetero) is 1. The van der Waals surface area contributed by atoms with E-state index in [-0.39, 0.29) is 34.1 Å². The van der Waals surface area contributed by atoms with E-state index in [2.05, 4.69) is 33.8 Å². The van der Waals surface area contributed by atoms with Crippen molar-refractivity contribution >= 4 is 5.78 Å². The molecule has 3 nitrogen and oxygen atoms in total. The number of epoxide rings is 1. The van der Waals surface area contributed by atoms with Crippen LogP contribution in [0.4, 0.5) is 0 Å². The van der Waals surface area contributed by atoms with Crippen LogP contribution in [0, 0.1) is 28.1 Å². The van der Waals surface area contributed by atoms with Crippen molar-refractivity contribution in [1.82, 2.24) is 0 Å². The Hall–Kier alpha value is -0.670. The first-order chi connectivity index (χ1) is 10.7. The van der Waals surface area contributed by atoms with Crippen LogP contribution >= 0.6 is 0 Å². The molecule has 4 aliphatic rings. The average Bonchev–Trinajstić information content (AvgIpc) is 3.25. The second kappa shape index (κ2) is 4.70. The number of hydrogen-bond donors (Lipinski definition) is 1. The SMILES string of the molecule is CC1(C)CCCC2(C)C3C(=CC(C)(C4CO4)CC3O)C(=O)CC12. The van der Waals surface area contributed by atoms with Crippen LogP contribution in [0.1, 0.15) is 59.8 Å². The zero-order valence-corrected chi connectivity index (χ0v) is 14.9. The molecule has 3 fully saturated rings. The lowest BCUT2D eigenvalue weighted by molar-refractivity contribution is -0.140. The lowest BCUT2D eigenvalue weighted by Gasteiger charge is -2.59. The van der Waals surface area contributed by atoms with Gasteiger partial charge in [0, 0.05) is 17.8 Å². The number of aliphatic hydroxyl groups excluding tert-OH is 1.